The van der Waals surface area contributed by atoms with Gasteiger partial charge in [0.05, 0.1) is 18.4 Å². The van der Waals surface area contributed by atoms with Crippen molar-refractivity contribution < 1.29 is 13.9 Å². The van der Waals surface area contributed by atoms with Gasteiger partial charge in [-0.05, 0) is 48.2 Å². The van der Waals surface area contributed by atoms with Gasteiger partial charge in [0.15, 0.2) is 5.78 Å². The highest BCUT2D eigenvalue weighted by molar-refractivity contribution is 5.98. The van der Waals surface area contributed by atoms with Gasteiger partial charge in [0.25, 0.3) is 0 Å². The van der Waals surface area contributed by atoms with Crippen molar-refractivity contribution in [2.75, 3.05) is 43.1 Å². The highest BCUT2D eigenvalue weighted by atomic mass is 19.1. The summed E-state index contributed by atoms with van der Waals surface area (Å²) in [7, 11) is 1.67. The molecule has 1 aliphatic heterocycles. The molecule has 0 amide bonds. The van der Waals surface area contributed by atoms with E-state index in [1.54, 1.807) is 25.4 Å². The van der Waals surface area contributed by atoms with Crippen LogP contribution in [0, 0.1) is 5.82 Å². The van der Waals surface area contributed by atoms with E-state index >= 15 is 0 Å². The molecule has 0 radical (unpaired) electrons. The Bertz CT molecular complexity index is 1130. The van der Waals surface area contributed by atoms with Crippen molar-refractivity contribution in [3.63, 3.8) is 0 Å². The molecule has 0 bridgehead atoms. The van der Waals surface area contributed by atoms with Crippen molar-refractivity contribution >= 4 is 17.4 Å². The molecule has 1 aromatic heterocycles. The quantitative estimate of drug-likeness (QED) is 0.624. The number of rotatable bonds is 4. The van der Waals surface area contributed by atoms with Gasteiger partial charge < -0.3 is 14.5 Å². The van der Waals surface area contributed by atoms with Crippen LogP contribution in [0.1, 0.15) is 34.0 Å². The Morgan fingerprint density at radius 1 is 0.969 bits per heavy atom. The Morgan fingerprint density at radius 2 is 1.69 bits per heavy atom. The molecule has 1 saturated heterocycles. The molecule has 32 heavy (non-hydrogen) atoms. The minimum absolute atomic E-state index is 0.0182. The predicted octanol–water partition coefficient (Wildman–Crippen LogP) is 3.86. The number of hydrogen-bond donors (Lipinski definition) is 0. The number of nitrogens with zero attached hydrogens (tertiary/aromatic N) is 4. The molecule has 2 heterocycles. The van der Waals surface area contributed by atoms with Crippen LogP contribution >= 0.6 is 0 Å². The van der Waals surface area contributed by atoms with Crippen LogP contribution in [0.5, 0.6) is 5.75 Å². The zero-order valence-electron chi connectivity index (χ0n) is 18.0. The third-order valence-corrected chi connectivity index (χ3v) is 6.37. The molecule has 0 saturated carbocycles. The van der Waals surface area contributed by atoms with Gasteiger partial charge in [0.2, 0.25) is 5.95 Å². The van der Waals surface area contributed by atoms with Gasteiger partial charge in [-0.3, -0.25) is 4.79 Å². The molecule has 1 fully saturated rings. The fourth-order valence-corrected chi connectivity index (χ4v) is 4.57. The van der Waals surface area contributed by atoms with Gasteiger partial charge in [-0.1, -0.05) is 18.2 Å². The summed E-state index contributed by atoms with van der Waals surface area (Å²) in [6, 6.07) is 14.8. The Morgan fingerprint density at radius 3 is 2.41 bits per heavy atom. The molecule has 1 atom stereocenters. The predicted molar refractivity (Wildman–Crippen MR) is 121 cm³/mol. The number of anilines is 2. The summed E-state index contributed by atoms with van der Waals surface area (Å²) in [5.41, 5.74) is 3.03. The molecule has 6 nitrogen and oxygen atoms in total. The number of aromatic nitrogens is 2. The molecule has 2 aromatic carbocycles. The van der Waals surface area contributed by atoms with Gasteiger partial charge in [-0.2, -0.15) is 0 Å². The number of hydrogen-bond acceptors (Lipinski definition) is 6. The Labute approximate surface area is 186 Å². The Kier molecular flexibility index (Phi) is 5.47. The number of carbonyl (C=O) groups is 1. The number of methoxy groups -OCH3 is 1. The second-order valence-corrected chi connectivity index (χ2v) is 8.25. The molecular formula is C25H25FN4O2. The zero-order valence-corrected chi connectivity index (χ0v) is 18.0. The van der Waals surface area contributed by atoms with E-state index < -0.39 is 0 Å². The maximum absolute atomic E-state index is 14.3. The average molecular weight is 432 g/mol. The van der Waals surface area contributed by atoms with Crippen molar-refractivity contribution in [2.45, 2.75) is 18.8 Å². The average Bonchev–Trinajstić information content (AvgIpc) is 2.84. The van der Waals surface area contributed by atoms with Crippen LogP contribution < -0.4 is 14.5 Å². The van der Waals surface area contributed by atoms with E-state index in [-0.39, 0.29) is 23.9 Å². The van der Waals surface area contributed by atoms with Crippen LogP contribution in [0.4, 0.5) is 16.0 Å². The molecule has 0 unspecified atom stereocenters. The Balaban J connectivity index is 1.31. The lowest BCUT2D eigenvalue weighted by Gasteiger charge is -2.36. The minimum Gasteiger partial charge on any atom is -0.497 e. The van der Waals surface area contributed by atoms with Crippen molar-refractivity contribution in [3.8, 4) is 5.75 Å². The maximum Gasteiger partial charge on any atom is 0.225 e. The number of ether oxygens (including phenoxy) is 1. The van der Waals surface area contributed by atoms with Crippen LogP contribution in [-0.2, 0) is 6.42 Å². The summed E-state index contributed by atoms with van der Waals surface area (Å²) < 4.78 is 19.5. The minimum atomic E-state index is -0.266. The third kappa shape index (κ3) is 3.90. The largest absolute Gasteiger partial charge is 0.497 e. The smallest absolute Gasteiger partial charge is 0.225 e. The lowest BCUT2D eigenvalue weighted by molar-refractivity contribution is 0.0962. The molecule has 3 aromatic rings. The van der Waals surface area contributed by atoms with Crippen molar-refractivity contribution in [2.24, 2.45) is 0 Å². The zero-order chi connectivity index (χ0) is 22.1. The molecule has 1 aliphatic carbocycles. The molecule has 7 heteroatoms. The number of fused-ring (bicyclic) bond motifs is 1. The molecule has 0 N–H and O–H groups in total. The SMILES string of the molecule is COc1ccc(N2CCN(c3ncc4c(n3)C[C@@H](c3ccccc3F)CC4=O)CC2)cc1. The molecule has 5 rings (SSSR count). The lowest BCUT2D eigenvalue weighted by atomic mass is 9.82. The molecule has 0 spiro atoms. The third-order valence-electron chi connectivity index (χ3n) is 6.37. The van der Waals surface area contributed by atoms with E-state index in [9.17, 15) is 9.18 Å². The van der Waals surface area contributed by atoms with Gasteiger partial charge >= 0.3 is 0 Å². The molecule has 164 valence electrons. The van der Waals surface area contributed by atoms with Gasteiger partial charge in [-0.25, -0.2) is 14.4 Å². The van der Waals surface area contributed by atoms with Crippen molar-refractivity contribution in [1.29, 1.82) is 0 Å². The van der Waals surface area contributed by atoms with Crippen LogP contribution in [0.2, 0.25) is 0 Å². The van der Waals surface area contributed by atoms with E-state index in [1.165, 1.54) is 6.07 Å². The number of piperazine rings is 1. The first-order valence-corrected chi connectivity index (χ1v) is 10.9. The molecular weight excluding hydrogens is 407 g/mol. The fourth-order valence-electron chi connectivity index (χ4n) is 4.57. The first-order valence-electron chi connectivity index (χ1n) is 10.9. The van der Waals surface area contributed by atoms with Crippen LogP contribution in [0.15, 0.2) is 54.7 Å². The fraction of sp³-hybridized carbons (Fsp3) is 0.320. The van der Waals surface area contributed by atoms with E-state index in [4.69, 9.17) is 9.72 Å². The van der Waals surface area contributed by atoms with Gasteiger partial charge in [0, 0.05) is 44.5 Å². The summed E-state index contributed by atoms with van der Waals surface area (Å²) >= 11 is 0. The Hall–Kier alpha value is -3.48. The van der Waals surface area contributed by atoms with Crippen LogP contribution in [-0.4, -0.2) is 49.0 Å². The van der Waals surface area contributed by atoms with E-state index in [1.807, 2.05) is 18.2 Å². The summed E-state index contributed by atoms with van der Waals surface area (Å²) in [4.78, 5) is 26.4. The topological polar surface area (TPSA) is 58.6 Å². The monoisotopic (exact) mass is 432 g/mol. The molecule has 2 aliphatic rings. The van der Waals surface area contributed by atoms with Crippen LogP contribution in [0.25, 0.3) is 0 Å². The first-order chi connectivity index (χ1) is 15.6. The second-order valence-electron chi connectivity index (χ2n) is 8.25. The van der Waals surface area contributed by atoms with Gasteiger partial charge in [-0.15, -0.1) is 0 Å². The highest BCUT2D eigenvalue weighted by Crippen LogP contribution is 2.33. The van der Waals surface area contributed by atoms with E-state index in [2.05, 4.69) is 26.9 Å². The standard InChI is InChI=1S/C25H25FN4O2/c1-32-19-8-6-18(7-9-19)29-10-12-30(13-11-29)25-27-16-21-23(28-25)14-17(15-24(21)31)20-4-2-3-5-22(20)26/h2-9,16-17H,10-15H2,1H3/t17-/m1/s1. The van der Waals surface area contributed by atoms with Crippen molar-refractivity contribution in [1.82, 2.24) is 9.97 Å². The highest BCUT2D eigenvalue weighted by Gasteiger charge is 2.30. The number of benzene rings is 2. The summed E-state index contributed by atoms with van der Waals surface area (Å²) in [6.45, 7) is 3.28. The normalized spacial score (nSPS) is 18.4. The number of Topliss-reactive ketones (excluding diaryl/α,β-unsaturated/α-hetero) is 1. The number of ketones is 1. The van der Waals surface area contributed by atoms with E-state index in [0.29, 0.717) is 23.5 Å². The van der Waals surface area contributed by atoms with E-state index in [0.717, 1.165) is 43.3 Å². The summed E-state index contributed by atoms with van der Waals surface area (Å²) in [5.74, 6) is 1.01. The summed E-state index contributed by atoms with van der Waals surface area (Å²) in [5, 5.41) is 0. The summed E-state index contributed by atoms with van der Waals surface area (Å²) in [6.07, 6.45) is 2.48. The first kappa shape index (κ1) is 20.4. The number of halogens is 1. The van der Waals surface area contributed by atoms with Gasteiger partial charge in [0.1, 0.15) is 11.6 Å². The number of carbonyl (C=O) groups excluding carboxylic acids is 1. The second kappa shape index (κ2) is 8.57. The van der Waals surface area contributed by atoms with Crippen LogP contribution in [0.3, 0.4) is 0 Å². The lowest BCUT2D eigenvalue weighted by Crippen LogP contribution is -2.47. The maximum atomic E-state index is 14.3. The van der Waals surface area contributed by atoms with Crippen molar-refractivity contribution in [3.05, 3.63) is 77.4 Å².